The lowest BCUT2D eigenvalue weighted by Crippen LogP contribution is -2.39. The van der Waals surface area contributed by atoms with E-state index < -0.39 is 5.41 Å². The van der Waals surface area contributed by atoms with Crippen molar-refractivity contribution in [2.24, 2.45) is 11.1 Å². The maximum Gasteiger partial charge on any atom is 0.231 e. The van der Waals surface area contributed by atoms with Crippen LogP contribution >= 0.6 is 23.2 Å². The smallest absolute Gasteiger partial charge is 0.231 e. The first-order chi connectivity index (χ1) is 8.34. The van der Waals surface area contributed by atoms with Crippen LogP contribution in [-0.4, -0.2) is 12.5 Å². The van der Waals surface area contributed by atoms with Crippen LogP contribution in [0.15, 0.2) is 12.1 Å². The number of benzene rings is 1. The number of rotatable bonds is 4. The summed E-state index contributed by atoms with van der Waals surface area (Å²) < 4.78 is 0. The molecule has 3 N–H and O–H groups in total. The van der Waals surface area contributed by atoms with Gasteiger partial charge in [-0.15, -0.1) is 0 Å². The minimum Gasteiger partial charge on any atom is -0.329 e. The van der Waals surface area contributed by atoms with Gasteiger partial charge < -0.3 is 11.1 Å². The van der Waals surface area contributed by atoms with E-state index in [4.69, 9.17) is 28.9 Å². The zero-order chi connectivity index (χ0) is 13.9. The van der Waals surface area contributed by atoms with Crippen LogP contribution in [0.25, 0.3) is 0 Å². The number of amides is 1. The minimum absolute atomic E-state index is 0.144. The zero-order valence-corrected chi connectivity index (χ0v) is 12.3. The molecule has 1 aromatic rings. The number of hydrogen-bond acceptors (Lipinski definition) is 2. The van der Waals surface area contributed by atoms with Gasteiger partial charge in [0.05, 0.1) is 16.1 Å². The van der Waals surface area contributed by atoms with Gasteiger partial charge in [-0.2, -0.15) is 0 Å². The quantitative estimate of drug-likeness (QED) is 0.889. The van der Waals surface area contributed by atoms with Gasteiger partial charge in [-0.05, 0) is 38.0 Å². The molecule has 1 amide bonds. The monoisotopic (exact) mass is 288 g/mol. The number of carbonyl (C=O) groups excluding carboxylic acids is 1. The number of carbonyl (C=O) groups is 1. The van der Waals surface area contributed by atoms with Gasteiger partial charge in [0.1, 0.15) is 0 Å². The molecule has 1 unspecified atom stereocenters. The first-order valence-corrected chi connectivity index (χ1v) is 6.57. The lowest BCUT2D eigenvalue weighted by molar-refractivity contribution is -0.124. The molecule has 0 saturated heterocycles. The van der Waals surface area contributed by atoms with Crippen LogP contribution in [0.1, 0.15) is 25.8 Å². The number of halogens is 2. The molecule has 0 aromatic heterocycles. The Kier molecular flexibility index (Phi) is 5.02. The summed E-state index contributed by atoms with van der Waals surface area (Å²) in [6.07, 6.45) is 0.659. The van der Waals surface area contributed by atoms with Gasteiger partial charge in [0.15, 0.2) is 0 Å². The van der Waals surface area contributed by atoms with E-state index in [1.807, 2.05) is 20.8 Å². The van der Waals surface area contributed by atoms with Crippen molar-refractivity contribution >= 4 is 34.8 Å². The molecule has 18 heavy (non-hydrogen) atoms. The molecule has 0 bridgehead atoms. The second-order valence-electron chi connectivity index (χ2n) is 4.65. The van der Waals surface area contributed by atoms with E-state index in [1.165, 1.54) is 0 Å². The van der Waals surface area contributed by atoms with Crippen LogP contribution in [-0.2, 0) is 4.79 Å². The van der Waals surface area contributed by atoms with E-state index in [1.54, 1.807) is 12.1 Å². The van der Waals surface area contributed by atoms with Gasteiger partial charge >= 0.3 is 0 Å². The van der Waals surface area contributed by atoms with E-state index in [0.717, 1.165) is 5.56 Å². The fraction of sp³-hybridized carbons (Fsp3) is 0.462. The Labute approximate surface area is 118 Å². The molecule has 0 saturated carbocycles. The summed E-state index contributed by atoms with van der Waals surface area (Å²) in [5.41, 5.74) is 6.44. The van der Waals surface area contributed by atoms with Crippen LogP contribution in [0, 0.1) is 12.3 Å². The predicted molar refractivity (Wildman–Crippen MR) is 77.3 cm³/mol. The number of aryl methyl sites for hydroxylation is 1. The summed E-state index contributed by atoms with van der Waals surface area (Å²) in [4.78, 5) is 12.2. The molecule has 0 aliphatic heterocycles. The Morgan fingerprint density at radius 3 is 2.50 bits per heavy atom. The average Bonchev–Trinajstić information content (AvgIpc) is 2.34. The highest BCUT2D eigenvalue weighted by Gasteiger charge is 2.30. The molecular formula is C13H18Cl2N2O. The molecule has 1 aromatic carbocycles. The van der Waals surface area contributed by atoms with Gasteiger partial charge in [-0.1, -0.05) is 30.1 Å². The third-order valence-electron chi connectivity index (χ3n) is 3.28. The highest BCUT2D eigenvalue weighted by atomic mass is 35.5. The summed E-state index contributed by atoms with van der Waals surface area (Å²) in [6.45, 7) is 5.89. The Hall–Kier alpha value is -0.770. The van der Waals surface area contributed by atoms with E-state index in [0.29, 0.717) is 22.2 Å². The standard InChI is InChI=1S/C13H18Cl2N2O/c1-4-13(3,7-16)12(18)17-11-6-9(14)8(2)5-10(11)15/h5-6H,4,7,16H2,1-3H3,(H,17,18). The summed E-state index contributed by atoms with van der Waals surface area (Å²) in [7, 11) is 0. The highest BCUT2D eigenvalue weighted by Crippen LogP contribution is 2.30. The first kappa shape index (κ1) is 15.3. The zero-order valence-electron chi connectivity index (χ0n) is 10.8. The molecule has 0 aliphatic carbocycles. The van der Waals surface area contributed by atoms with Crippen molar-refractivity contribution in [3.05, 3.63) is 27.7 Å². The second-order valence-corrected chi connectivity index (χ2v) is 5.47. The van der Waals surface area contributed by atoms with Gasteiger partial charge in [0.2, 0.25) is 5.91 Å². The van der Waals surface area contributed by atoms with Gasteiger partial charge in [0.25, 0.3) is 0 Å². The third-order valence-corrected chi connectivity index (χ3v) is 4.00. The Morgan fingerprint density at radius 1 is 1.39 bits per heavy atom. The Balaban J connectivity index is 2.98. The maximum absolute atomic E-state index is 12.2. The van der Waals surface area contributed by atoms with Crippen LogP contribution in [0.4, 0.5) is 5.69 Å². The van der Waals surface area contributed by atoms with Crippen molar-refractivity contribution in [2.75, 3.05) is 11.9 Å². The maximum atomic E-state index is 12.2. The molecule has 0 fully saturated rings. The molecular weight excluding hydrogens is 271 g/mol. The molecule has 1 rings (SSSR count). The van der Waals surface area contributed by atoms with E-state index >= 15 is 0 Å². The molecule has 1 atom stereocenters. The lowest BCUT2D eigenvalue weighted by Gasteiger charge is -2.25. The SMILES string of the molecule is CCC(C)(CN)C(=O)Nc1cc(Cl)c(C)cc1Cl. The van der Waals surface area contributed by atoms with Crippen molar-refractivity contribution in [2.45, 2.75) is 27.2 Å². The normalized spacial score (nSPS) is 14.1. The summed E-state index contributed by atoms with van der Waals surface area (Å²) in [6, 6.07) is 3.38. The fourth-order valence-electron chi connectivity index (χ4n) is 1.41. The van der Waals surface area contributed by atoms with Crippen molar-refractivity contribution in [3.63, 3.8) is 0 Å². The van der Waals surface area contributed by atoms with Crippen LogP contribution < -0.4 is 11.1 Å². The molecule has 3 nitrogen and oxygen atoms in total. The van der Waals surface area contributed by atoms with Gasteiger partial charge in [0, 0.05) is 11.6 Å². The number of nitrogens with two attached hydrogens (primary N) is 1. The summed E-state index contributed by atoms with van der Waals surface area (Å²) in [5, 5.41) is 3.83. The Morgan fingerprint density at radius 2 is 2.00 bits per heavy atom. The van der Waals surface area contributed by atoms with Crippen LogP contribution in [0.2, 0.25) is 10.0 Å². The van der Waals surface area contributed by atoms with Crippen molar-refractivity contribution < 1.29 is 4.79 Å². The Bertz CT molecular complexity index is 457. The molecule has 0 radical (unpaired) electrons. The summed E-state index contributed by atoms with van der Waals surface area (Å²) >= 11 is 12.1. The third kappa shape index (κ3) is 3.16. The topological polar surface area (TPSA) is 55.1 Å². The fourth-order valence-corrected chi connectivity index (χ4v) is 1.84. The minimum atomic E-state index is -0.597. The van der Waals surface area contributed by atoms with Crippen molar-refractivity contribution in [1.82, 2.24) is 0 Å². The van der Waals surface area contributed by atoms with E-state index in [9.17, 15) is 4.79 Å². The summed E-state index contributed by atoms with van der Waals surface area (Å²) in [5.74, 6) is -0.144. The molecule has 0 heterocycles. The van der Waals surface area contributed by atoms with Crippen LogP contribution in [0.3, 0.4) is 0 Å². The predicted octanol–water partition coefficient (Wildman–Crippen LogP) is 3.62. The molecule has 0 spiro atoms. The lowest BCUT2D eigenvalue weighted by atomic mass is 9.86. The highest BCUT2D eigenvalue weighted by molar-refractivity contribution is 6.36. The van der Waals surface area contributed by atoms with Crippen molar-refractivity contribution in [1.29, 1.82) is 0 Å². The average molecular weight is 289 g/mol. The molecule has 0 aliphatic rings. The van der Waals surface area contributed by atoms with Gasteiger partial charge in [-0.3, -0.25) is 4.79 Å². The number of nitrogens with one attached hydrogen (secondary N) is 1. The largest absolute Gasteiger partial charge is 0.329 e. The van der Waals surface area contributed by atoms with Crippen molar-refractivity contribution in [3.8, 4) is 0 Å². The molecule has 100 valence electrons. The van der Waals surface area contributed by atoms with Gasteiger partial charge in [-0.25, -0.2) is 0 Å². The van der Waals surface area contributed by atoms with E-state index in [-0.39, 0.29) is 12.5 Å². The second kappa shape index (κ2) is 5.91. The number of anilines is 1. The molecule has 5 heteroatoms. The van der Waals surface area contributed by atoms with E-state index in [2.05, 4.69) is 5.32 Å². The number of hydrogen-bond donors (Lipinski definition) is 2. The van der Waals surface area contributed by atoms with Crippen LogP contribution in [0.5, 0.6) is 0 Å². The first-order valence-electron chi connectivity index (χ1n) is 5.81.